The summed E-state index contributed by atoms with van der Waals surface area (Å²) in [7, 11) is 1.67. The lowest BCUT2D eigenvalue weighted by Crippen LogP contribution is -2.56. The van der Waals surface area contributed by atoms with E-state index in [1.807, 2.05) is 18.2 Å². The summed E-state index contributed by atoms with van der Waals surface area (Å²) in [6.07, 6.45) is 2.20. The molecule has 1 unspecified atom stereocenters. The minimum absolute atomic E-state index is 0.146. The van der Waals surface area contributed by atoms with Gasteiger partial charge in [-0.25, -0.2) is 0 Å². The SMILES string of the molecule is CCN(CC)C(CC)(CC)C(O)Cc1cccc(OC)c1. The average Bonchev–Trinajstić information content (AvgIpc) is 2.52. The molecule has 0 aliphatic heterocycles. The maximum Gasteiger partial charge on any atom is 0.119 e. The second-order valence-electron chi connectivity index (χ2n) is 5.55. The summed E-state index contributed by atoms with van der Waals surface area (Å²) in [5, 5.41) is 10.9. The van der Waals surface area contributed by atoms with Gasteiger partial charge in [-0.3, -0.25) is 4.90 Å². The van der Waals surface area contributed by atoms with Crippen molar-refractivity contribution in [2.24, 2.45) is 0 Å². The van der Waals surface area contributed by atoms with Crippen molar-refractivity contribution in [3.63, 3.8) is 0 Å². The quantitative estimate of drug-likeness (QED) is 0.756. The van der Waals surface area contributed by atoms with Gasteiger partial charge in [-0.05, 0) is 43.6 Å². The van der Waals surface area contributed by atoms with Gasteiger partial charge in [0, 0.05) is 12.0 Å². The zero-order valence-corrected chi connectivity index (χ0v) is 14.2. The largest absolute Gasteiger partial charge is 0.497 e. The van der Waals surface area contributed by atoms with E-state index >= 15 is 0 Å². The summed E-state index contributed by atoms with van der Waals surface area (Å²) < 4.78 is 5.27. The van der Waals surface area contributed by atoms with Gasteiger partial charge >= 0.3 is 0 Å². The van der Waals surface area contributed by atoms with E-state index in [-0.39, 0.29) is 11.6 Å². The first kappa shape index (κ1) is 18.0. The Bertz CT molecular complexity index is 411. The van der Waals surface area contributed by atoms with Crippen LogP contribution < -0.4 is 4.74 Å². The highest BCUT2D eigenvalue weighted by Crippen LogP contribution is 2.30. The maximum atomic E-state index is 10.9. The van der Waals surface area contributed by atoms with Crippen molar-refractivity contribution in [2.45, 2.75) is 58.6 Å². The fraction of sp³-hybridized carbons (Fsp3) is 0.667. The number of hydrogen-bond donors (Lipinski definition) is 1. The van der Waals surface area contributed by atoms with Crippen molar-refractivity contribution in [3.05, 3.63) is 29.8 Å². The van der Waals surface area contributed by atoms with Crippen LogP contribution in [0.2, 0.25) is 0 Å². The number of rotatable bonds is 9. The number of likely N-dealkylation sites (N-methyl/N-ethyl adjacent to an activating group) is 1. The molecular formula is C18H31NO2. The van der Waals surface area contributed by atoms with Crippen LogP contribution in [0.25, 0.3) is 0 Å². The number of aliphatic hydroxyl groups is 1. The number of methoxy groups -OCH3 is 1. The summed E-state index contributed by atoms with van der Waals surface area (Å²) >= 11 is 0. The summed E-state index contributed by atoms with van der Waals surface area (Å²) in [6.45, 7) is 10.6. The molecule has 1 atom stereocenters. The van der Waals surface area contributed by atoms with Gasteiger partial charge in [0.25, 0.3) is 0 Å². The molecule has 3 heteroatoms. The number of aliphatic hydroxyl groups excluding tert-OH is 1. The number of ether oxygens (including phenoxy) is 1. The Hall–Kier alpha value is -1.06. The highest BCUT2D eigenvalue weighted by molar-refractivity contribution is 5.29. The van der Waals surface area contributed by atoms with Gasteiger partial charge in [-0.15, -0.1) is 0 Å². The second-order valence-corrected chi connectivity index (χ2v) is 5.55. The molecule has 3 nitrogen and oxygen atoms in total. The smallest absolute Gasteiger partial charge is 0.119 e. The molecule has 0 heterocycles. The van der Waals surface area contributed by atoms with E-state index in [9.17, 15) is 5.11 Å². The predicted molar refractivity (Wildman–Crippen MR) is 88.9 cm³/mol. The van der Waals surface area contributed by atoms with E-state index in [1.54, 1.807) is 7.11 Å². The van der Waals surface area contributed by atoms with E-state index in [1.165, 1.54) is 0 Å². The molecule has 1 aromatic carbocycles. The molecule has 0 aliphatic rings. The molecule has 1 aromatic rings. The Kier molecular flexibility index (Phi) is 7.20. The van der Waals surface area contributed by atoms with Crippen LogP contribution in [0.4, 0.5) is 0 Å². The highest BCUT2D eigenvalue weighted by Gasteiger charge is 2.38. The lowest BCUT2D eigenvalue weighted by Gasteiger charge is -2.46. The van der Waals surface area contributed by atoms with Crippen LogP contribution in [0.1, 0.15) is 46.1 Å². The fourth-order valence-electron chi connectivity index (χ4n) is 3.45. The third-order valence-electron chi connectivity index (χ3n) is 4.80. The maximum absolute atomic E-state index is 10.9. The van der Waals surface area contributed by atoms with Crippen LogP contribution in [0.5, 0.6) is 5.75 Å². The summed E-state index contributed by atoms with van der Waals surface area (Å²) in [5.41, 5.74) is 0.979. The average molecular weight is 293 g/mol. The summed E-state index contributed by atoms with van der Waals surface area (Å²) in [6, 6.07) is 8.00. The molecule has 0 saturated heterocycles. The van der Waals surface area contributed by atoms with Crippen molar-refractivity contribution >= 4 is 0 Å². The molecule has 0 aromatic heterocycles. The number of benzene rings is 1. The first-order valence-electron chi connectivity index (χ1n) is 8.13. The standard InChI is InChI=1S/C18H31NO2/c1-6-18(7-2,19(8-3)9-4)17(20)14-15-11-10-12-16(13-15)21-5/h10-13,17,20H,6-9,14H2,1-5H3. The van der Waals surface area contributed by atoms with Crippen LogP contribution >= 0.6 is 0 Å². The molecule has 0 radical (unpaired) electrons. The van der Waals surface area contributed by atoms with Crippen LogP contribution in [-0.4, -0.2) is 41.8 Å². The predicted octanol–water partition coefficient (Wildman–Crippen LogP) is 3.50. The first-order valence-corrected chi connectivity index (χ1v) is 8.13. The minimum Gasteiger partial charge on any atom is -0.497 e. The van der Waals surface area contributed by atoms with E-state index < -0.39 is 0 Å². The molecule has 120 valence electrons. The normalized spacial score (nSPS) is 13.5. The summed E-state index contributed by atoms with van der Waals surface area (Å²) in [5.74, 6) is 0.848. The first-order chi connectivity index (χ1) is 10.1. The van der Waals surface area contributed by atoms with Crippen LogP contribution in [0.15, 0.2) is 24.3 Å². The van der Waals surface area contributed by atoms with Crippen LogP contribution in [0, 0.1) is 0 Å². The van der Waals surface area contributed by atoms with Crippen LogP contribution in [0.3, 0.4) is 0 Å². The van der Waals surface area contributed by atoms with Gasteiger partial charge in [0.2, 0.25) is 0 Å². The van der Waals surface area contributed by atoms with Crippen molar-refractivity contribution in [2.75, 3.05) is 20.2 Å². The molecule has 0 aliphatic carbocycles. The van der Waals surface area contributed by atoms with E-state index in [0.717, 1.165) is 37.2 Å². The van der Waals surface area contributed by atoms with Gasteiger partial charge < -0.3 is 9.84 Å². The van der Waals surface area contributed by atoms with Crippen molar-refractivity contribution in [1.29, 1.82) is 0 Å². The third-order valence-corrected chi connectivity index (χ3v) is 4.80. The fourth-order valence-corrected chi connectivity index (χ4v) is 3.45. The molecule has 0 fully saturated rings. The molecule has 21 heavy (non-hydrogen) atoms. The van der Waals surface area contributed by atoms with E-state index in [2.05, 4.69) is 38.7 Å². The third kappa shape index (κ3) is 3.98. The van der Waals surface area contributed by atoms with Crippen LogP contribution in [-0.2, 0) is 6.42 Å². The lowest BCUT2D eigenvalue weighted by atomic mass is 9.81. The molecule has 0 spiro atoms. The van der Waals surface area contributed by atoms with Crippen molar-refractivity contribution in [3.8, 4) is 5.75 Å². The topological polar surface area (TPSA) is 32.7 Å². The Labute approximate surface area is 129 Å². The van der Waals surface area contributed by atoms with E-state index in [4.69, 9.17) is 4.74 Å². The monoisotopic (exact) mass is 293 g/mol. The van der Waals surface area contributed by atoms with Crippen molar-refractivity contribution < 1.29 is 9.84 Å². The molecule has 0 bridgehead atoms. The van der Waals surface area contributed by atoms with Gasteiger partial charge in [0.1, 0.15) is 5.75 Å². The molecule has 1 rings (SSSR count). The molecule has 0 amide bonds. The van der Waals surface area contributed by atoms with Gasteiger partial charge in [0.05, 0.1) is 13.2 Å². The zero-order valence-electron chi connectivity index (χ0n) is 14.2. The lowest BCUT2D eigenvalue weighted by molar-refractivity contribution is -0.0341. The Morgan fingerprint density at radius 1 is 1.14 bits per heavy atom. The van der Waals surface area contributed by atoms with Crippen molar-refractivity contribution in [1.82, 2.24) is 4.90 Å². The number of nitrogens with zero attached hydrogens (tertiary/aromatic N) is 1. The molecular weight excluding hydrogens is 262 g/mol. The van der Waals surface area contributed by atoms with Gasteiger partial charge in [0.15, 0.2) is 0 Å². The Balaban J connectivity index is 2.97. The number of hydrogen-bond acceptors (Lipinski definition) is 3. The zero-order chi connectivity index (χ0) is 15.9. The van der Waals surface area contributed by atoms with Gasteiger partial charge in [-0.2, -0.15) is 0 Å². The highest BCUT2D eigenvalue weighted by atomic mass is 16.5. The molecule has 1 N–H and O–H groups in total. The van der Waals surface area contributed by atoms with Gasteiger partial charge in [-0.1, -0.05) is 39.8 Å². The van der Waals surface area contributed by atoms with E-state index in [0.29, 0.717) is 6.42 Å². The summed E-state index contributed by atoms with van der Waals surface area (Å²) in [4.78, 5) is 2.40. The minimum atomic E-state index is -0.375. The molecule has 0 saturated carbocycles. The Morgan fingerprint density at radius 2 is 1.76 bits per heavy atom. The Morgan fingerprint density at radius 3 is 2.24 bits per heavy atom. The second kappa shape index (κ2) is 8.40.